The number of carbonyl (C=O) groups excluding carboxylic acids is 1. The Kier molecular flexibility index (Phi) is 6.23. The van der Waals surface area contributed by atoms with Crippen molar-refractivity contribution in [2.75, 3.05) is 46.3 Å². The number of nitrogens with one attached hydrogen (secondary N) is 1. The number of nitrogens with zero attached hydrogens (tertiary/aromatic N) is 2. The van der Waals surface area contributed by atoms with Gasteiger partial charge in [0.1, 0.15) is 0 Å². The molecule has 1 heterocycles. The van der Waals surface area contributed by atoms with E-state index >= 15 is 0 Å². The van der Waals surface area contributed by atoms with Gasteiger partial charge in [0, 0.05) is 44.8 Å². The molecule has 1 N–H and O–H groups in total. The van der Waals surface area contributed by atoms with E-state index in [-0.39, 0.29) is 11.5 Å². The van der Waals surface area contributed by atoms with Crippen LogP contribution in [0.4, 0.5) is 13.2 Å². The van der Waals surface area contributed by atoms with Crippen LogP contribution in [-0.4, -0.2) is 62.0 Å². The number of alkyl halides is 3. The average molecular weight is 343 g/mol. The maximum atomic E-state index is 12.7. The van der Waals surface area contributed by atoms with E-state index < -0.39 is 17.6 Å². The highest BCUT2D eigenvalue weighted by Gasteiger charge is 2.30. The molecule has 0 radical (unpaired) electrons. The molecule has 1 aliphatic heterocycles. The Morgan fingerprint density at radius 2 is 1.92 bits per heavy atom. The van der Waals surface area contributed by atoms with Gasteiger partial charge in [0.2, 0.25) is 0 Å². The summed E-state index contributed by atoms with van der Waals surface area (Å²) in [5.74, 6) is -0.227. The second-order valence-corrected chi connectivity index (χ2v) is 6.50. The van der Waals surface area contributed by atoms with Gasteiger partial charge in [-0.05, 0) is 31.2 Å². The number of piperazine rings is 1. The summed E-state index contributed by atoms with van der Waals surface area (Å²) in [6.45, 7) is 7.42. The number of likely N-dealkylation sites (N-methyl/N-ethyl adjacent to an activating group) is 1. The fourth-order valence-electron chi connectivity index (χ4n) is 2.74. The smallest absolute Gasteiger partial charge is 0.352 e. The molecule has 1 atom stereocenters. The molecular weight excluding hydrogens is 319 g/mol. The first-order chi connectivity index (χ1) is 11.3. The zero-order valence-electron chi connectivity index (χ0n) is 14.1. The van der Waals surface area contributed by atoms with Crippen molar-refractivity contribution in [3.8, 4) is 0 Å². The maximum Gasteiger partial charge on any atom is 0.416 e. The Balaban J connectivity index is 1.82. The number of halogens is 3. The van der Waals surface area contributed by atoms with Crippen molar-refractivity contribution < 1.29 is 18.0 Å². The quantitative estimate of drug-likeness (QED) is 0.891. The lowest BCUT2D eigenvalue weighted by molar-refractivity contribution is -0.137. The van der Waals surface area contributed by atoms with Crippen molar-refractivity contribution in [1.82, 2.24) is 15.1 Å². The van der Waals surface area contributed by atoms with E-state index in [2.05, 4.69) is 22.2 Å². The third-order valence-electron chi connectivity index (χ3n) is 4.23. The van der Waals surface area contributed by atoms with Gasteiger partial charge in [-0.1, -0.05) is 13.0 Å². The zero-order valence-corrected chi connectivity index (χ0v) is 14.1. The van der Waals surface area contributed by atoms with Crippen molar-refractivity contribution in [1.29, 1.82) is 0 Å². The fraction of sp³-hybridized carbons (Fsp3) is 0.588. The lowest BCUT2D eigenvalue weighted by Crippen LogP contribution is -2.46. The van der Waals surface area contributed by atoms with Gasteiger partial charge in [0.25, 0.3) is 5.91 Å². The van der Waals surface area contributed by atoms with Crippen molar-refractivity contribution in [3.05, 3.63) is 35.4 Å². The molecule has 4 nitrogen and oxygen atoms in total. The average Bonchev–Trinajstić information content (AvgIpc) is 2.54. The van der Waals surface area contributed by atoms with Gasteiger partial charge < -0.3 is 15.1 Å². The Labute approximate surface area is 140 Å². The molecule has 0 saturated carbocycles. The Morgan fingerprint density at radius 1 is 1.25 bits per heavy atom. The van der Waals surface area contributed by atoms with E-state index in [0.717, 1.165) is 44.9 Å². The summed E-state index contributed by atoms with van der Waals surface area (Å²) in [5, 5.41) is 2.73. The van der Waals surface area contributed by atoms with Crippen LogP contribution < -0.4 is 5.32 Å². The van der Waals surface area contributed by atoms with E-state index in [1.54, 1.807) is 0 Å². The molecule has 1 saturated heterocycles. The van der Waals surface area contributed by atoms with Gasteiger partial charge in [-0.25, -0.2) is 0 Å². The van der Waals surface area contributed by atoms with Crippen LogP contribution in [0.25, 0.3) is 0 Å². The van der Waals surface area contributed by atoms with Crippen LogP contribution in [0, 0.1) is 5.92 Å². The highest BCUT2D eigenvalue weighted by Crippen LogP contribution is 2.29. The van der Waals surface area contributed by atoms with E-state index in [9.17, 15) is 18.0 Å². The van der Waals surface area contributed by atoms with Crippen LogP contribution >= 0.6 is 0 Å². The number of hydrogen-bond acceptors (Lipinski definition) is 3. The third-order valence-corrected chi connectivity index (χ3v) is 4.23. The minimum absolute atomic E-state index is 0.0385. The lowest BCUT2D eigenvalue weighted by atomic mass is 10.1. The molecule has 1 aliphatic rings. The van der Waals surface area contributed by atoms with E-state index in [0.29, 0.717) is 6.54 Å². The topological polar surface area (TPSA) is 35.6 Å². The predicted molar refractivity (Wildman–Crippen MR) is 86.9 cm³/mol. The largest absolute Gasteiger partial charge is 0.416 e. The number of benzene rings is 1. The van der Waals surface area contributed by atoms with E-state index in [1.807, 2.05) is 6.92 Å². The summed E-state index contributed by atoms with van der Waals surface area (Å²) in [6.07, 6.45) is -4.44. The number of rotatable bonds is 5. The molecule has 24 heavy (non-hydrogen) atoms. The third kappa shape index (κ3) is 5.49. The zero-order chi connectivity index (χ0) is 17.7. The number of amides is 1. The van der Waals surface area contributed by atoms with Crippen molar-refractivity contribution in [3.63, 3.8) is 0 Å². The standard InChI is InChI=1S/C17H24F3N3O/c1-13(12-23-8-6-22(2)7-9-23)11-21-16(24)14-4-3-5-15(10-14)17(18,19)20/h3-5,10,13H,6-9,11-12H2,1-2H3,(H,21,24)/t13-/m0/s1. The van der Waals surface area contributed by atoms with Crippen LogP contribution in [0.3, 0.4) is 0 Å². The first-order valence-electron chi connectivity index (χ1n) is 8.12. The highest BCUT2D eigenvalue weighted by atomic mass is 19.4. The summed E-state index contributed by atoms with van der Waals surface area (Å²) in [5.41, 5.74) is -0.766. The molecule has 1 amide bonds. The molecular formula is C17H24F3N3O. The lowest BCUT2D eigenvalue weighted by Gasteiger charge is -2.33. The van der Waals surface area contributed by atoms with Crippen LogP contribution in [0.2, 0.25) is 0 Å². The summed E-state index contributed by atoms with van der Waals surface area (Å²) in [7, 11) is 2.09. The second-order valence-electron chi connectivity index (χ2n) is 6.50. The monoisotopic (exact) mass is 343 g/mol. The van der Waals surface area contributed by atoms with Gasteiger partial charge in [-0.15, -0.1) is 0 Å². The normalized spacial score (nSPS) is 18.4. The molecule has 2 rings (SSSR count). The van der Waals surface area contributed by atoms with Crippen LogP contribution in [-0.2, 0) is 6.18 Å². The Bertz CT molecular complexity index is 554. The van der Waals surface area contributed by atoms with Crippen LogP contribution in [0.15, 0.2) is 24.3 Å². The summed E-state index contributed by atoms with van der Waals surface area (Å²) in [6, 6.07) is 4.51. The van der Waals surface area contributed by atoms with Gasteiger partial charge in [0.05, 0.1) is 5.56 Å². The number of carbonyl (C=O) groups is 1. The Morgan fingerprint density at radius 3 is 2.54 bits per heavy atom. The van der Waals surface area contributed by atoms with E-state index in [1.165, 1.54) is 12.1 Å². The molecule has 1 aromatic rings. The summed E-state index contributed by atoms with van der Waals surface area (Å²) >= 11 is 0. The van der Waals surface area contributed by atoms with E-state index in [4.69, 9.17) is 0 Å². The molecule has 0 aliphatic carbocycles. The van der Waals surface area contributed by atoms with Crippen molar-refractivity contribution >= 4 is 5.91 Å². The van der Waals surface area contributed by atoms with Crippen LogP contribution in [0.5, 0.6) is 0 Å². The number of hydrogen-bond donors (Lipinski definition) is 1. The molecule has 7 heteroatoms. The first-order valence-corrected chi connectivity index (χ1v) is 8.12. The molecule has 1 fully saturated rings. The first kappa shape index (κ1) is 18.7. The molecule has 0 unspecified atom stereocenters. The molecule has 1 aromatic carbocycles. The molecule has 134 valence electrons. The molecule has 0 bridgehead atoms. The van der Waals surface area contributed by atoms with Crippen molar-refractivity contribution in [2.24, 2.45) is 5.92 Å². The van der Waals surface area contributed by atoms with Crippen molar-refractivity contribution in [2.45, 2.75) is 13.1 Å². The van der Waals surface area contributed by atoms with Crippen LogP contribution in [0.1, 0.15) is 22.8 Å². The summed E-state index contributed by atoms with van der Waals surface area (Å²) < 4.78 is 38.1. The minimum atomic E-state index is -4.44. The fourth-order valence-corrected chi connectivity index (χ4v) is 2.74. The Hall–Kier alpha value is -1.60. The molecule has 0 aromatic heterocycles. The summed E-state index contributed by atoms with van der Waals surface area (Å²) in [4.78, 5) is 16.7. The predicted octanol–water partition coefficient (Wildman–Crippen LogP) is 2.32. The van der Waals surface area contributed by atoms with Gasteiger partial charge in [0.15, 0.2) is 0 Å². The second kappa shape index (κ2) is 7.98. The van der Waals surface area contributed by atoms with Gasteiger partial charge in [-0.2, -0.15) is 13.2 Å². The highest BCUT2D eigenvalue weighted by molar-refractivity contribution is 5.94. The maximum absolute atomic E-state index is 12.7. The minimum Gasteiger partial charge on any atom is -0.352 e. The van der Waals surface area contributed by atoms with Gasteiger partial charge >= 0.3 is 6.18 Å². The SMILES string of the molecule is C[C@@H](CNC(=O)c1cccc(C(F)(F)F)c1)CN1CCN(C)CC1. The van der Waals surface area contributed by atoms with Gasteiger partial charge in [-0.3, -0.25) is 4.79 Å². The molecule has 0 spiro atoms.